The van der Waals surface area contributed by atoms with Crippen molar-refractivity contribution in [3.05, 3.63) is 35.4 Å². The van der Waals surface area contributed by atoms with Crippen LogP contribution in [0.3, 0.4) is 0 Å². The third kappa shape index (κ3) is 3.87. The van der Waals surface area contributed by atoms with Crippen molar-refractivity contribution in [2.45, 2.75) is 19.6 Å². The van der Waals surface area contributed by atoms with E-state index < -0.39 is 11.9 Å². The quantitative estimate of drug-likeness (QED) is 0.845. The van der Waals surface area contributed by atoms with E-state index in [1.807, 2.05) is 12.1 Å². The van der Waals surface area contributed by atoms with Crippen LogP contribution in [0.1, 0.15) is 22.8 Å². The molecule has 1 aliphatic rings. The number of hydrogen-bond acceptors (Lipinski definition) is 4. The van der Waals surface area contributed by atoms with Crippen molar-refractivity contribution in [2.75, 3.05) is 26.7 Å². The minimum Gasteiger partial charge on any atom is -0.380 e. The number of rotatable bonds is 4. The number of nitrogens with zero attached hydrogens (tertiary/aromatic N) is 2. The summed E-state index contributed by atoms with van der Waals surface area (Å²) in [4.78, 5) is 38.8. The Bertz CT molecular complexity index is 600. The van der Waals surface area contributed by atoms with E-state index in [2.05, 4.69) is 0 Å². The molecule has 7 heteroatoms. The number of hydrogen-bond donors (Lipinski definition) is 1. The number of ether oxygens (including phenoxy) is 1. The number of carbonyl (C=O) groups excluding carboxylic acids is 3. The Kier molecular flexibility index (Phi) is 5.33. The molecule has 124 valence electrons. The van der Waals surface area contributed by atoms with Gasteiger partial charge in [-0.05, 0) is 17.7 Å². The zero-order chi connectivity index (χ0) is 17.0. The molecule has 1 fully saturated rings. The lowest BCUT2D eigenvalue weighted by atomic mass is 10.1. The summed E-state index contributed by atoms with van der Waals surface area (Å²) in [5.41, 5.74) is 6.85. The normalized spacial score (nSPS) is 17.9. The summed E-state index contributed by atoms with van der Waals surface area (Å²) in [5.74, 6) is -1.01. The van der Waals surface area contributed by atoms with Crippen molar-refractivity contribution in [1.82, 2.24) is 9.80 Å². The summed E-state index contributed by atoms with van der Waals surface area (Å²) in [7, 11) is 1.60. The highest BCUT2D eigenvalue weighted by atomic mass is 16.5. The van der Waals surface area contributed by atoms with Crippen molar-refractivity contribution in [3.8, 4) is 0 Å². The lowest BCUT2D eigenvalue weighted by Gasteiger charge is -2.39. The molecule has 0 aromatic heterocycles. The van der Waals surface area contributed by atoms with E-state index in [1.165, 1.54) is 16.7 Å². The van der Waals surface area contributed by atoms with Crippen LogP contribution in [0, 0.1) is 0 Å². The molecule has 2 rings (SSSR count). The van der Waals surface area contributed by atoms with Gasteiger partial charge in [-0.2, -0.15) is 0 Å². The molecule has 2 N–H and O–H groups in total. The van der Waals surface area contributed by atoms with E-state index in [4.69, 9.17) is 10.5 Å². The van der Waals surface area contributed by atoms with Gasteiger partial charge >= 0.3 is 0 Å². The Labute approximate surface area is 135 Å². The van der Waals surface area contributed by atoms with E-state index >= 15 is 0 Å². The molecule has 0 radical (unpaired) electrons. The van der Waals surface area contributed by atoms with Crippen LogP contribution >= 0.6 is 0 Å². The van der Waals surface area contributed by atoms with Gasteiger partial charge < -0.3 is 20.3 Å². The predicted molar refractivity (Wildman–Crippen MR) is 83.4 cm³/mol. The SMILES string of the molecule is COCc1ccc(C(=O)N2CCN(C(C)=O)CC2C(N)=O)cc1. The molecule has 1 unspecified atom stereocenters. The van der Waals surface area contributed by atoms with E-state index in [1.54, 1.807) is 19.2 Å². The van der Waals surface area contributed by atoms with Gasteiger partial charge in [-0.1, -0.05) is 12.1 Å². The molecule has 7 nitrogen and oxygen atoms in total. The molecule has 1 aromatic rings. The maximum Gasteiger partial charge on any atom is 0.254 e. The highest BCUT2D eigenvalue weighted by molar-refractivity contribution is 5.97. The zero-order valence-electron chi connectivity index (χ0n) is 13.3. The predicted octanol–water partition coefficient (Wildman–Crippen LogP) is -0.00880. The first kappa shape index (κ1) is 17.0. The van der Waals surface area contributed by atoms with Crippen molar-refractivity contribution in [3.63, 3.8) is 0 Å². The summed E-state index contributed by atoms with van der Waals surface area (Å²) in [5, 5.41) is 0. The number of carbonyl (C=O) groups is 3. The maximum atomic E-state index is 12.6. The Morgan fingerprint density at radius 3 is 2.39 bits per heavy atom. The number of piperazine rings is 1. The largest absolute Gasteiger partial charge is 0.380 e. The Balaban J connectivity index is 2.16. The standard InChI is InChI=1S/C16H21N3O4/c1-11(20)18-7-8-19(14(9-18)15(17)21)16(22)13-5-3-12(4-6-13)10-23-2/h3-6,14H,7-10H2,1-2H3,(H2,17,21). The van der Waals surface area contributed by atoms with Gasteiger partial charge in [0.15, 0.2) is 0 Å². The Hall–Kier alpha value is -2.41. The van der Waals surface area contributed by atoms with E-state index in [-0.39, 0.29) is 24.9 Å². The van der Waals surface area contributed by atoms with Crippen LogP contribution in [0.5, 0.6) is 0 Å². The third-order valence-corrected chi connectivity index (χ3v) is 3.93. The number of methoxy groups -OCH3 is 1. The molecule has 3 amide bonds. The maximum absolute atomic E-state index is 12.6. The van der Waals surface area contributed by atoms with Gasteiger partial charge in [-0.3, -0.25) is 14.4 Å². The van der Waals surface area contributed by atoms with Crippen LogP contribution in [0.4, 0.5) is 0 Å². The fourth-order valence-electron chi connectivity index (χ4n) is 2.63. The molecular weight excluding hydrogens is 298 g/mol. The van der Waals surface area contributed by atoms with Crippen LogP contribution in [-0.4, -0.2) is 60.3 Å². The van der Waals surface area contributed by atoms with Gasteiger partial charge in [0.1, 0.15) is 6.04 Å². The first-order chi connectivity index (χ1) is 10.9. The topological polar surface area (TPSA) is 92.9 Å². The molecule has 0 spiro atoms. The van der Waals surface area contributed by atoms with Gasteiger partial charge in [0.2, 0.25) is 11.8 Å². The van der Waals surface area contributed by atoms with Crippen molar-refractivity contribution in [1.29, 1.82) is 0 Å². The number of amides is 3. The van der Waals surface area contributed by atoms with E-state index in [0.717, 1.165) is 5.56 Å². The van der Waals surface area contributed by atoms with E-state index in [9.17, 15) is 14.4 Å². The number of benzene rings is 1. The fraction of sp³-hybridized carbons (Fsp3) is 0.438. The summed E-state index contributed by atoms with van der Waals surface area (Å²) in [6, 6.07) is 6.21. The van der Waals surface area contributed by atoms with Gasteiger partial charge in [-0.15, -0.1) is 0 Å². The number of nitrogens with two attached hydrogens (primary N) is 1. The molecule has 23 heavy (non-hydrogen) atoms. The Morgan fingerprint density at radius 2 is 1.87 bits per heavy atom. The lowest BCUT2D eigenvalue weighted by Crippen LogP contribution is -2.60. The minimum atomic E-state index is -0.807. The molecular formula is C16H21N3O4. The summed E-state index contributed by atoms with van der Waals surface area (Å²) >= 11 is 0. The smallest absolute Gasteiger partial charge is 0.254 e. The second-order valence-corrected chi connectivity index (χ2v) is 5.51. The van der Waals surface area contributed by atoms with Crippen molar-refractivity contribution >= 4 is 17.7 Å². The van der Waals surface area contributed by atoms with Crippen molar-refractivity contribution in [2.24, 2.45) is 5.73 Å². The Morgan fingerprint density at radius 1 is 1.22 bits per heavy atom. The van der Waals surface area contributed by atoms with Gasteiger partial charge in [0.25, 0.3) is 5.91 Å². The first-order valence-electron chi connectivity index (χ1n) is 7.37. The van der Waals surface area contributed by atoms with Crippen molar-refractivity contribution < 1.29 is 19.1 Å². The molecule has 0 aliphatic carbocycles. The van der Waals surface area contributed by atoms with Crippen LogP contribution in [0.15, 0.2) is 24.3 Å². The molecule has 0 saturated carbocycles. The molecule has 1 saturated heterocycles. The fourth-order valence-corrected chi connectivity index (χ4v) is 2.63. The monoisotopic (exact) mass is 319 g/mol. The second-order valence-electron chi connectivity index (χ2n) is 5.51. The average Bonchev–Trinajstić information content (AvgIpc) is 2.54. The highest BCUT2D eigenvalue weighted by Crippen LogP contribution is 2.15. The van der Waals surface area contributed by atoms with E-state index in [0.29, 0.717) is 18.7 Å². The summed E-state index contributed by atoms with van der Waals surface area (Å²) in [6.07, 6.45) is 0. The second kappa shape index (κ2) is 7.23. The van der Waals surface area contributed by atoms with Crippen LogP contribution in [0.25, 0.3) is 0 Å². The average molecular weight is 319 g/mol. The van der Waals surface area contributed by atoms with Gasteiger partial charge in [0.05, 0.1) is 13.2 Å². The summed E-state index contributed by atoms with van der Waals surface area (Å²) in [6.45, 7) is 2.72. The third-order valence-electron chi connectivity index (χ3n) is 3.93. The minimum absolute atomic E-state index is 0.132. The summed E-state index contributed by atoms with van der Waals surface area (Å²) < 4.78 is 5.03. The van der Waals surface area contributed by atoms with Gasteiger partial charge in [-0.25, -0.2) is 0 Å². The molecule has 1 atom stereocenters. The molecule has 0 bridgehead atoms. The van der Waals surface area contributed by atoms with Crippen LogP contribution < -0.4 is 5.73 Å². The van der Waals surface area contributed by atoms with Crippen LogP contribution in [0.2, 0.25) is 0 Å². The lowest BCUT2D eigenvalue weighted by molar-refractivity contribution is -0.134. The van der Waals surface area contributed by atoms with Crippen LogP contribution in [-0.2, 0) is 20.9 Å². The molecule has 1 heterocycles. The molecule has 1 aliphatic heterocycles. The zero-order valence-corrected chi connectivity index (χ0v) is 13.3. The molecule has 1 aromatic carbocycles. The highest BCUT2D eigenvalue weighted by Gasteiger charge is 2.35. The number of primary amides is 1. The first-order valence-corrected chi connectivity index (χ1v) is 7.37. The van der Waals surface area contributed by atoms with Gasteiger partial charge in [0, 0.05) is 32.7 Å².